The highest BCUT2D eigenvalue weighted by molar-refractivity contribution is 6.44. The third kappa shape index (κ3) is 4.66. The van der Waals surface area contributed by atoms with E-state index in [9.17, 15) is 18.8 Å². The van der Waals surface area contributed by atoms with Gasteiger partial charge in [0, 0.05) is 36.7 Å². The van der Waals surface area contributed by atoms with Gasteiger partial charge in [0.2, 0.25) is 5.91 Å². The van der Waals surface area contributed by atoms with Crippen LogP contribution in [0.5, 0.6) is 0 Å². The van der Waals surface area contributed by atoms with Crippen LogP contribution >= 0.6 is 0 Å². The Morgan fingerprint density at radius 2 is 1.65 bits per heavy atom. The maximum absolute atomic E-state index is 13.0. The Morgan fingerprint density at radius 3 is 2.39 bits per heavy atom. The van der Waals surface area contributed by atoms with Crippen molar-refractivity contribution in [2.45, 2.75) is 32.4 Å². The summed E-state index contributed by atoms with van der Waals surface area (Å²) in [6.07, 6.45) is 4.49. The van der Waals surface area contributed by atoms with Crippen molar-refractivity contribution >= 4 is 28.5 Å². The van der Waals surface area contributed by atoms with Gasteiger partial charge >= 0.3 is 0 Å². The van der Waals surface area contributed by atoms with Crippen molar-refractivity contribution in [3.05, 3.63) is 71.7 Å². The summed E-state index contributed by atoms with van der Waals surface area (Å²) in [7, 11) is 0. The molecule has 0 radical (unpaired) electrons. The molecular formula is C24H24FN3O3. The molecule has 1 aromatic heterocycles. The molecule has 0 saturated carbocycles. The van der Waals surface area contributed by atoms with Crippen molar-refractivity contribution in [2.75, 3.05) is 13.1 Å². The molecular weight excluding hydrogens is 397 g/mol. The van der Waals surface area contributed by atoms with Gasteiger partial charge in [-0.2, -0.15) is 0 Å². The first-order valence-electron chi connectivity index (χ1n) is 10.5. The molecule has 4 rings (SSSR count). The average Bonchev–Trinajstić information content (AvgIpc) is 3.16. The van der Waals surface area contributed by atoms with Gasteiger partial charge in [0.25, 0.3) is 11.7 Å². The third-order valence-corrected chi connectivity index (χ3v) is 5.59. The van der Waals surface area contributed by atoms with Crippen molar-refractivity contribution in [3.8, 4) is 0 Å². The predicted molar refractivity (Wildman–Crippen MR) is 115 cm³/mol. The fourth-order valence-corrected chi connectivity index (χ4v) is 3.93. The quantitative estimate of drug-likeness (QED) is 0.490. The molecule has 0 unspecified atom stereocenters. The van der Waals surface area contributed by atoms with Crippen LogP contribution in [-0.4, -0.2) is 40.2 Å². The summed E-state index contributed by atoms with van der Waals surface area (Å²) >= 11 is 0. The number of fused-ring (bicyclic) bond motifs is 1. The zero-order valence-corrected chi connectivity index (χ0v) is 17.1. The van der Waals surface area contributed by atoms with Crippen LogP contribution in [-0.2, 0) is 22.7 Å². The summed E-state index contributed by atoms with van der Waals surface area (Å²) in [5, 5.41) is 3.46. The number of ketones is 1. The second kappa shape index (κ2) is 9.12. The molecule has 1 fully saturated rings. The van der Waals surface area contributed by atoms with Crippen molar-refractivity contribution in [2.24, 2.45) is 0 Å². The number of halogens is 1. The van der Waals surface area contributed by atoms with Crippen LogP contribution in [0, 0.1) is 5.82 Å². The second-order valence-corrected chi connectivity index (χ2v) is 7.77. The number of benzene rings is 2. The molecule has 3 aromatic rings. The standard InChI is InChI=1S/C24H24FN3O3/c25-18-10-8-17(9-11-18)14-26-22(29)16-28-15-20(19-6-2-3-7-21(19)28)23(30)24(31)27-12-4-1-5-13-27/h2-3,6-11,15H,1,4-5,12-14,16H2,(H,26,29). The molecule has 1 N–H and O–H groups in total. The highest BCUT2D eigenvalue weighted by Gasteiger charge is 2.27. The van der Waals surface area contributed by atoms with Crippen molar-refractivity contribution in [3.63, 3.8) is 0 Å². The Bertz CT molecular complexity index is 1110. The number of Topliss-reactive ketones (excluding diaryl/α,β-unsaturated/α-hetero) is 1. The number of hydrogen-bond donors (Lipinski definition) is 1. The number of carbonyl (C=O) groups is 3. The summed E-state index contributed by atoms with van der Waals surface area (Å²) in [5.74, 6) is -1.59. The summed E-state index contributed by atoms with van der Waals surface area (Å²) in [5.41, 5.74) is 1.82. The SMILES string of the molecule is O=C(Cn1cc(C(=O)C(=O)N2CCCCC2)c2ccccc21)NCc1ccc(F)cc1. The molecule has 2 amide bonds. The number of likely N-dealkylation sites (tertiary alicyclic amines) is 1. The zero-order chi connectivity index (χ0) is 21.8. The molecule has 2 aromatic carbocycles. The second-order valence-electron chi connectivity index (χ2n) is 7.77. The highest BCUT2D eigenvalue weighted by Crippen LogP contribution is 2.23. The minimum atomic E-state index is -0.538. The number of aromatic nitrogens is 1. The number of amides is 2. The lowest BCUT2D eigenvalue weighted by Gasteiger charge is -2.25. The Hall–Kier alpha value is -3.48. The van der Waals surface area contributed by atoms with E-state index in [1.54, 1.807) is 33.9 Å². The molecule has 2 heterocycles. The molecule has 1 aliphatic heterocycles. The predicted octanol–water partition coefficient (Wildman–Crippen LogP) is 3.29. The van der Waals surface area contributed by atoms with Gasteiger partial charge in [-0.15, -0.1) is 0 Å². The Kier molecular flexibility index (Phi) is 6.11. The van der Waals surface area contributed by atoms with E-state index in [4.69, 9.17) is 0 Å². The van der Waals surface area contributed by atoms with E-state index >= 15 is 0 Å². The topological polar surface area (TPSA) is 71.4 Å². The summed E-state index contributed by atoms with van der Waals surface area (Å²) in [4.78, 5) is 39.8. The van der Waals surface area contributed by atoms with Crippen molar-refractivity contribution in [1.29, 1.82) is 0 Å². The van der Waals surface area contributed by atoms with Gasteiger partial charge in [0.05, 0.1) is 5.56 Å². The van der Waals surface area contributed by atoms with E-state index < -0.39 is 11.7 Å². The van der Waals surface area contributed by atoms with Crippen molar-refractivity contribution < 1.29 is 18.8 Å². The number of para-hydroxylation sites is 1. The van der Waals surface area contributed by atoms with Gasteiger partial charge in [-0.3, -0.25) is 14.4 Å². The summed E-state index contributed by atoms with van der Waals surface area (Å²) < 4.78 is 14.7. The van der Waals surface area contributed by atoms with Crippen LogP contribution in [0.15, 0.2) is 54.7 Å². The molecule has 0 atom stereocenters. The minimum absolute atomic E-state index is 0.00684. The van der Waals surface area contributed by atoms with Crippen LogP contribution in [0.25, 0.3) is 10.9 Å². The van der Waals surface area contributed by atoms with Gasteiger partial charge in [-0.25, -0.2) is 4.39 Å². The van der Waals surface area contributed by atoms with Crippen molar-refractivity contribution in [1.82, 2.24) is 14.8 Å². The maximum Gasteiger partial charge on any atom is 0.295 e. The maximum atomic E-state index is 13.0. The van der Waals surface area contributed by atoms with E-state index in [2.05, 4.69) is 5.32 Å². The van der Waals surface area contributed by atoms with Crippen LogP contribution in [0.4, 0.5) is 4.39 Å². The van der Waals surface area contributed by atoms with Crippen LogP contribution in [0.3, 0.4) is 0 Å². The van der Waals surface area contributed by atoms with Gasteiger partial charge in [-0.05, 0) is 43.0 Å². The van der Waals surface area contributed by atoms with Crippen LogP contribution in [0.2, 0.25) is 0 Å². The molecule has 1 aliphatic rings. The van der Waals surface area contributed by atoms with E-state index in [-0.39, 0.29) is 24.8 Å². The average molecular weight is 421 g/mol. The number of nitrogens with one attached hydrogen (secondary N) is 1. The van der Waals surface area contributed by atoms with E-state index in [1.165, 1.54) is 12.1 Å². The normalized spacial score (nSPS) is 13.9. The van der Waals surface area contributed by atoms with E-state index in [1.807, 2.05) is 18.2 Å². The Labute approximate surface area is 179 Å². The molecule has 0 spiro atoms. The monoisotopic (exact) mass is 421 g/mol. The molecule has 0 aliphatic carbocycles. The number of hydrogen-bond acceptors (Lipinski definition) is 3. The number of piperidine rings is 1. The fraction of sp³-hybridized carbons (Fsp3) is 0.292. The smallest absolute Gasteiger partial charge is 0.295 e. The zero-order valence-electron chi connectivity index (χ0n) is 17.1. The summed E-state index contributed by atoms with van der Waals surface area (Å²) in [6, 6.07) is 13.2. The lowest BCUT2D eigenvalue weighted by atomic mass is 10.1. The van der Waals surface area contributed by atoms with Crippen LogP contribution in [0.1, 0.15) is 35.2 Å². The minimum Gasteiger partial charge on any atom is -0.350 e. The molecule has 6 nitrogen and oxygen atoms in total. The lowest BCUT2D eigenvalue weighted by molar-refractivity contribution is -0.127. The molecule has 31 heavy (non-hydrogen) atoms. The first-order chi connectivity index (χ1) is 15.0. The number of carbonyl (C=O) groups excluding carboxylic acids is 3. The van der Waals surface area contributed by atoms with Gasteiger partial charge < -0.3 is 14.8 Å². The molecule has 0 bridgehead atoms. The summed E-state index contributed by atoms with van der Waals surface area (Å²) in [6.45, 7) is 1.49. The van der Waals surface area contributed by atoms with Crippen LogP contribution < -0.4 is 5.32 Å². The van der Waals surface area contributed by atoms with Gasteiger partial charge in [0.1, 0.15) is 12.4 Å². The largest absolute Gasteiger partial charge is 0.350 e. The molecule has 1 saturated heterocycles. The molecule has 160 valence electrons. The van der Waals surface area contributed by atoms with E-state index in [0.717, 1.165) is 24.8 Å². The van der Waals surface area contributed by atoms with E-state index in [0.29, 0.717) is 29.6 Å². The Morgan fingerprint density at radius 1 is 0.935 bits per heavy atom. The Balaban J connectivity index is 1.50. The highest BCUT2D eigenvalue weighted by atomic mass is 19.1. The lowest BCUT2D eigenvalue weighted by Crippen LogP contribution is -2.40. The molecule has 7 heteroatoms. The third-order valence-electron chi connectivity index (χ3n) is 5.59. The first kappa shape index (κ1) is 20.8. The van der Waals surface area contributed by atoms with Gasteiger partial charge in [0.15, 0.2) is 0 Å². The number of rotatable bonds is 6. The van der Waals surface area contributed by atoms with Gasteiger partial charge in [-0.1, -0.05) is 30.3 Å². The fourth-order valence-electron chi connectivity index (χ4n) is 3.93. The number of nitrogens with zero attached hydrogens (tertiary/aromatic N) is 2. The first-order valence-corrected chi connectivity index (χ1v) is 10.5.